The smallest absolute Gasteiger partial charge is 0.153 e. The van der Waals surface area contributed by atoms with Gasteiger partial charge in [-0.25, -0.2) is 0 Å². The first kappa shape index (κ1) is 13.2. The fourth-order valence-electron chi connectivity index (χ4n) is 2.55. The van der Waals surface area contributed by atoms with Crippen molar-refractivity contribution < 1.29 is 4.79 Å². The zero-order chi connectivity index (χ0) is 12.0. The van der Waals surface area contributed by atoms with Gasteiger partial charge >= 0.3 is 0 Å². The summed E-state index contributed by atoms with van der Waals surface area (Å²) in [4.78, 5) is 12.2. The van der Waals surface area contributed by atoms with Gasteiger partial charge in [-0.1, -0.05) is 39.5 Å². The summed E-state index contributed by atoms with van der Waals surface area (Å²) in [5.41, 5.74) is 0. The molecule has 1 aliphatic carbocycles. The topological polar surface area (TPSA) is 40.9 Å². The Morgan fingerprint density at radius 2 is 1.81 bits per heavy atom. The van der Waals surface area contributed by atoms with E-state index in [4.69, 9.17) is 5.26 Å². The van der Waals surface area contributed by atoms with Gasteiger partial charge < -0.3 is 0 Å². The average molecular weight is 221 g/mol. The van der Waals surface area contributed by atoms with Crippen LogP contribution in [0.1, 0.15) is 58.8 Å². The Kier molecular flexibility index (Phi) is 5.52. The minimum Gasteiger partial charge on any atom is -0.298 e. The van der Waals surface area contributed by atoms with Crippen molar-refractivity contribution in [3.63, 3.8) is 0 Å². The van der Waals surface area contributed by atoms with E-state index in [-0.39, 0.29) is 17.6 Å². The molecule has 1 rings (SSSR count). The number of nitrogens with zero attached hydrogens (tertiary/aromatic N) is 1. The average Bonchev–Trinajstić information content (AvgIpc) is 2.53. The van der Waals surface area contributed by atoms with Crippen LogP contribution in [0.5, 0.6) is 0 Å². The quantitative estimate of drug-likeness (QED) is 0.679. The van der Waals surface area contributed by atoms with Crippen molar-refractivity contribution in [3.8, 4) is 6.07 Å². The van der Waals surface area contributed by atoms with Gasteiger partial charge in [0.15, 0.2) is 5.78 Å². The van der Waals surface area contributed by atoms with Gasteiger partial charge in [0, 0.05) is 5.92 Å². The van der Waals surface area contributed by atoms with Gasteiger partial charge in [0.2, 0.25) is 0 Å². The number of carbonyl (C=O) groups excluding carboxylic acids is 1. The second-order valence-electron chi connectivity index (χ2n) is 5.40. The standard InChI is InChI=1S/C14H23NO/c1-11(2)9-13(10-15)14(16)12-7-5-3-4-6-8-12/h11-13H,3-9H2,1-2H3. The Morgan fingerprint density at radius 3 is 2.25 bits per heavy atom. The molecule has 0 aromatic carbocycles. The van der Waals surface area contributed by atoms with Crippen LogP contribution in [0, 0.1) is 29.1 Å². The van der Waals surface area contributed by atoms with Gasteiger partial charge in [0.05, 0.1) is 6.07 Å². The summed E-state index contributed by atoms with van der Waals surface area (Å²) in [6.07, 6.45) is 7.58. The second-order valence-corrected chi connectivity index (χ2v) is 5.40. The number of hydrogen-bond donors (Lipinski definition) is 0. The number of ketones is 1. The molecule has 16 heavy (non-hydrogen) atoms. The molecule has 0 saturated heterocycles. The lowest BCUT2D eigenvalue weighted by atomic mass is 9.84. The number of hydrogen-bond acceptors (Lipinski definition) is 2. The summed E-state index contributed by atoms with van der Waals surface area (Å²) in [6.45, 7) is 4.15. The van der Waals surface area contributed by atoms with Gasteiger partial charge in [-0.3, -0.25) is 4.79 Å². The lowest BCUT2D eigenvalue weighted by Gasteiger charge is -2.17. The Bertz CT molecular complexity index is 256. The van der Waals surface area contributed by atoms with Crippen LogP contribution in [-0.2, 0) is 4.79 Å². The molecule has 2 nitrogen and oxygen atoms in total. The molecule has 0 spiro atoms. The monoisotopic (exact) mass is 221 g/mol. The van der Waals surface area contributed by atoms with E-state index < -0.39 is 0 Å². The molecule has 0 amide bonds. The van der Waals surface area contributed by atoms with Gasteiger partial charge in [-0.05, 0) is 25.2 Å². The molecule has 90 valence electrons. The molecule has 1 aliphatic rings. The summed E-state index contributed by atoms with van der Waals surface area (Å²) in [6, 6.07) is 2.20. The maximum atomic E-state index is 12.2. The van der Waals surface area contributed by atoms with E-state index in [9.17, 15) is 4.79 Å². The highest BCUT2D eigenvalue weighted by Crippen LogP contribution is 2.27. The minimum absolute atomic E-state index is 0.172. The Balaban J connectivity index is 2.55. The van der Waals surface area contributed by atoms with Crippen LogP contribution in [0.3, 0.4) is 0 Å². The zero-order valence-electron chi connectivity index (χ0n) is 10.5. The van der Waals surface area contributed by atoms with E-state index in [1.165, 1.54) is 12.8 Å². The maximum Gasteiger partial charge on any atom is 0.153 e. The first-order valence-electron chi connectivity index (χ1n) is 6.58. The molecular weight excluding hydrogens is 198 g/mol. The SMILES string of the molecule is CC(C)CC(C#N)C(=O)C1CCCCCC1. The van der Waals surface area contributed by atoms with Crippen LogP contribution in [0.4, 0.5) is 0 Å². The highest BCUT2D eigenvalue weighted by molar-refractivity contribution is 5.85. The van der Waals surface area contributed by atoms with Crippen molar-refractivity contribution in [1.29, 1.82) is 5.26 Å². The molecule has 0 radical (unpaired) electrons. The van der Waals surface area contributed by atoms with E-state index in [2.05, 4.69) is 19.9 Å². The molecule has 0 aromatic rings. The molecule has 1 saturated carbocycles. The lowest BCUT2D eigenvalue weighted by molar-refractivity contribution is -0.126. The third kappa shape index (κ3) is 3.96. The summed E-state index contributed by atoms with van der Waals surface area (Å²) in [5, 5.41) is 9.08. The predicted molar refractivity (Wildman–Crippen MR) is 64.8 cm³/mol. The molecule has 1 unspecified atom stereocenters. The molecule has 0 bridgehead atoms. The maximum absolute atomic E-state index is 12.2. The fourth-order valence-corrected chi connectivity index (χ4v) is 2.55. The Morgan fingerprint density at radius 1 is 1.25 bits per heavy atom. The van der Waals surface area contributed by atoms with Gasteiger partial charge in [-0.2, -0.15) is 5.26 Å². The number of carbonyl (C=O) groups is 1. The molecule has 0 aliphatic heterocycles. The first-order valence-corrected chi connectivity index (χ1v) is 6.58. The minimum atomic E-state index is -0.358. The number of rotatable bonds is 4. The molecule has 0 heterocycles. The van der Waals surface area contributed by atoms with Gasteiger partial charge in [-0.15, -0.1) is 0 Å². The predicted octanol–water partition coefficient (Wildman–Crippen LogP) is 3.71. The van der Waals surface area contributed by atoms with Crippen molar-refractivity contribution in [3.05, 3.63) is 0 Å². The number of nitriles is 1. The molecule has 1 fully saturated rings. The van der Waals surface area contributed by atoms with E-state index in [0.717, 1.165) is 32.1 Å². The second kappa shape index (κ2) is 6.68. The van der Waals surface area contributed by atoms with Crippen molar-refractivity contribution in [2.45, 2.75) is 58.8 Å². The van der Waals surface area contributed by atoms with Crippen molar-refractivity contribution >= 4 is 5.78 Å². The summed E-state index contributed by atoms with van der Waals surface area (Å²) in [7, 11) is 0. The summed E-state index contributed by atoms with van der Waals surface area (Å²) in [5.74, 6) is 0.464. The summed E-state index contributed by atoms with van der Waals surface area (Å²) < 4.78 is 0. The Labute approximate surface area is 99.0 Å². The Hall–Kier alpha value is -0.840. The van der Waals surface area contributed by atoms with E-state index in [1.54, 1.807) is 0 Å². The van der Waals surface area contributed by atoms with Gasteiger partial charge in [0.25, 0.3) is 0 Å². The molecule has 1 atom stereocenters. The highest BCUT2D eigenvalue weighted by atomic mass is 16.1. The molecular formula is C14H23NO. The van der Waals surface area contributed by atoms with E-state index >= 15 is 0 Å². The van der Waals surface area contributed by atoms with E-state index in [0.29, 0.717) is 5.92 Å². The van der Waals surface area contributed by atoms with Crippen LogP contribution < -0.4 is 0 Å². The van der Waals surface area contributed by atoms with Crippen LogP contribution in [0.25, 0.3) is 0 Å². The molecule has 0 N–H and O–H groups in total. The van der Waals surface area contributed by atoms with Crippen molar-refractivity contribution in [2.75, 3.05) is 0 Å². The fraction of sp³-hybridized carbons (Fsp3) is 0.857. The normalized spacial score (nSPS) is 20.1. The first-order chi connectivity index (χ1) is 7.65. The summed E-state index contributed by atoms with van der Waals surface area (Å²) >= 11 is 0. The van der Waals surface area contributed by atoms with Crippen LogP contribution in [-0.4, -0.2) is 5.78 Å². The third-order valence-corrected chi connectivity index (χ3v) is 3.46. The van der Waals surface area contributed by atoms with Crippen LogP contribution in [0.2, 0.25) is 0 Å². The number of Topliss-reactive ketones (excluding diaryl/α,β-unsaturated/α-hetero) is 1. The highest BCUT2D eigenvalue weighted by Gasteiger charge is 2.27. The largest absolute Gasteiger partial charge is 0.298 e. The lowest BCUT2D eigenvalue weighted by Crippen LogP contribution is -2.23. The van der Waals surface area contributed by atoms with Crippen LogP contribution in [0.15, 0.2) is 0 Å². The van der Waals surface area contributed by atoms with Gasteiger partial charge in [0.1, 0.15) is 5.92 Å². The van der Waals surface area contributed by atoms with Crippen molar-refractivity contribution in [1.82, 2.24) is 0 Å². The molecule has 2 heteroatoms. The molecule has 0 aromatic heterocycles. The van der Waals surface area contributed by atoms with E-state index in [1.807, 2.05) is 0 Å². The van der Waals surface area contributed by atoms with Crippen molar-refractivity contribution in [2.24, 2.45) is 17.8 Å². The third-order valence-electron chi connectivity index (χ3n) is 3.46. The zero-order valence-corrected chi connectivity index (χ0v) is 10.5. The van der Waals surface area contributed by atoms with Crippen LogP contribution >= 0.6 is 0 Å².